The summed E-state index contributed by atoms with van der Waals surface area (Å²) >= 11 is 6.03. The van der Waals surface area contributed by atoms with Crippen LogP contribution in [0.2, 0.25) is 5.02 Å². The van der Waals surface area contributed by atoms with Gasteiger partial charge in [-0.25, -0.2) is 9.78 Å². The minimum Gasteiger partial charge on any atom is -0.465 e. The summed E-state index contributed by atoms with van der Waals surface area (Å²) < 4.78 is 4.72. The van der Waals surface area contributed by atoms with Crippen LogP contribution in [-0.2, 0) is 9.53 Å². The lowest BCUT2D eigenvalue weighted by Gasteiger charge is -2.32. The number of ether oxygens (including phenoxy) is 1. The van der Waals surface area contributed by atoms with Crippen molar-refractivity contribution in [2.75, 3.05) is 12.0 Å². The van der Waals surface area contributed by atoms with Crippen molar-refractivity contribution in [1.29, 1.82) is 0 Å². The van der Waals surface area contributed by atoms with Crippen molar-refractivity contribution in [2.24, 2.45) is 0 Å². The van der Waals surface area contributed by atoms with Gasteiger partial charge in [0.15, 0.2) is 0 Å². The molecule has 1 fully saturated rings. The highest BCUT2D eigenvalue weighted by Gasteiger charge is 2.36. The number of hydrogen-bond donors (Lipinski definition) is 0. The van der Waals surface area contributed by atoms with Gasteiger partial charge in [0.2, 0.25) is 5.91 Å². The third-order valence-corrected chi connectivity index (χ3v) is 5.35. The SMILES string of the molecule is CCC(=O)N(c1ccc(C(=O)OC)cn1)C1CCCC1c1ccc(Cl)cc1. The Balaban J connectivity index is 1.93. The van der Waals surface area contributed by atoms with Crippen molar-refractivity contribution in [1.82, 2.24) is 4.98 Å². The van der Waals surface area contributed by atoms with Crippen molar-refractivity contribution in [3.05, 3.63) is 58.7 Å². The fourth-order valence-electron chi connectivity index (χ4n) is 3.77. The van der Waals surface area contributed by atoms with E-state index in [4.69, 9.17) is 16.3 Å². The molecule has 2 aromatic rings. The summed E-state index contributed by atoms with van der Waals surface area (Å²) in [6, 6.07) is 11.3. The molecule has 1 aliphatic rings. The largest absolute Gasteiger partial charge is 0.465 e. The zero-order valence-electron chi connectivity index (χ0n) is 15.5. The first-order valence-corrected chi connectivity index (χ1v) is 9.54. The van der Waals surface area contributed by atoms with E-state index in [1.807, 2.05) is 31.2 Å². The van der Waals surface area contributed by atoms with Crippen LogP contribution in [0, 0.1) is 0 Å². The molecule has 27 heavy (non-hydrogen) atoms. The molecule has 142 valence electrons. The molecule has 3 rings (SSSR count). The van der Waals surface area contributed by atoms with Crippen LogP contribution in [0.5, 0.6) is 0 Å². The maximum absolute atomic E-state index is 12.8. The summed E-state index contributed by atoms with van der Waals surface area (Å²) in [6.07, 6.45) is 4.83. The molecular formula is C21H23ClN2O3. The van der Waals surface area contributed by atoms with Crippen molar-refractivity contribution in [3.8, 4) is 0 Å². The van der Waals surface area contributed by atoms with Crippen LogP contribution in [-0.4, -0.2) is 30.0 Å². The lowest BCUT2D eigenvalue weighted by molar-refractivity contribution is -0.118. The topological polar surface area (TPSA) is 59.5 Å². The Kier molecular flexibility index (Phi) is 6.11. The Hall–Kier alpha value is -2.40. The summed E-state index contributed by atoms with van der Waals surface area (Å²) in [7, 11) is 1.33. The van der Waals surface area contributed by atoms with Crippen LogP contribution < -0.4 is 4.90 Å². The second-order valence-corrected chi connectivity index (χ2v) is 7.11. The first-order valence-electron chi connectivity index (χ1n) is 9.17. The van der Waals surface area contributed by atoms with Gasteiger partial charge in [-0.15, -0.1) is 0 Å². The van der Waals surface area contributed by atoms with Gasteiger partial charge >= 0.3 is 5.97 Å². The van der Waals surface area contributed by atoms with Gasteiger partial charge in [-0.05, 0) is 42.7 Å². The second-order valence-electron chi connectivity index (χ2n) is 6.67. The molecule has 0 bridgehead atoms. The molecule has 2 unspecified atom stereocenters. The van der Waals surface area contributed by atoms with E-state index in [1.54, 1.807) is 17.0 Å². The molecule has 1 aromatic heterocycles. The Morgan fingerprint density at radius 1 is 1.19 bits per heavy atom. The van der Waals surface area contributed by atoms with Crippen LogP contribution >= 0.6 is 11.6 Å². The number of halogens is 1. The van der Waals surface area contributed by atoms with Crippen LogP contribution in [0.15, 0.2) is 42.6 Å². The van der Waals surface area contributed by atoms with E-state index in [0.29, 0.717) is 22.8 Å². The molecule has 5 nitrogen and oxygen atoms in total. The zero-order chi connectivity index (χ0) is 19.4. The number of amides is 1. The van der Waals surface area contributed by atoms with E-state index >= 15 is 0 Å². The zero-order valence-corrected chi connectivity index (χ0v) is 16.3. The fraction of sp³-hybridized carbons (Fsp3) is 0.381. The monoisotopic (exact) mass is 386 g/mol. The molecule has 1 saturated carbocycles. The summed E-state index contributed by atoms with van der Waals surface area (Å²) in [4.78, 5) is 30.6. The number of esters is 1. The van der Waals surface area contributed by atoms with Crippen LogP contribution in [0.3, 0.4) is 0 Å². The predicted molar refractivity (Wildman–Crippen MR) is 105 cm³/mol. The molecule has 0 saturated heterocycles. The van der Waals surface area contributed by atoms with Crippen molar-refractivity contribution in [3.63, 3.8) is 0 Å². The minimum atomic E-state index is -0.442. The van der Waals surface area contributed by atoms with E-state index < -0.39 is 5.97 Å². The molecule has 1 amide bonds. The van der Waals surface area contributed by atoms with Gasteiger partial charge < -0.3 is 4.74 Å². The van der Waals surface area contributed by atoms with Gasteiger partial charge in [-0.2, -0.15) is 0 Å². The van der Waals surface area contributed by atoms with Crippen LogP contribution in [0.25, 0.3) is 0 Å². The highest BCUT2D eigenvalue weighted by Crippen LogP contribution is 2.39. The average molecular weight is 387 g/mol. The third kappa shape index (κ3) is 4.14. The number of nitrogens with zero attached hydrogens (tertiary/aromatic N) is 2. The Labute approximate surface area is 164 Å². The van der Waals surface area contributed by atoms with Crippen LogP contribution in [0.4, 0.5) is 5.82 Å². The molecule has 0 radical (unpaired) electrons. The normalized spacial score (nSPS) is 18.9. The molecule has 0 aliphatic heterocycles. The van der Waals surface area contributed by atoms with Gasteiger partial charge in [0.05, 0.1) is 12.7 Å². The summed E-state index contributed by atoms with van der Waals surface area (Å²) in [5.74, 6) is 0.390. The lowest BCUT2D eigenvalue weighted by Crippen LogP contribution is -2.42. The molecule has 2 atom stereocenters. The number of carbonyl (C=O) groups excluding carboxylic acids is 2. The van der Waals surface area contributed by atoms with Crippen LogP contribution in [0.1, 0.15) is 54.4 Å². The van der Waals surface area contributed by atoms with Crippen molar-refractivity contribution < 1.29 is 14.3 Å². The number of anilines is 1. The van der Waals surface area contributed by atoms with E-state index in [9.17, 15) is 9.59 Å². The highest BCUT2D eigenvalue weighted by atomic mass is 35.5. The molecule has 1 heterocycles. The van der Waals surface area contributed by atoms with Gasteiger partial charge in [0.25, 0.3) is 0 Å². The van der Waals surface area contributed by atoms with Crippen molar-refractivity contribution in [2.45, 2.75) is 44.6 Å². The Morgan fingerprint density at radius 3 is 2.52 bits per heavy atom. The number of rotatable bonds is 5. The summed E-state index contributed by atoms with van der Waals surface area (Å²) in [5.41, 5.74) is 1.55. The minimum absolute atomic E-state index is 0.0270. The molecular weight excluding hydrogens is 364 g/mol. The number of methoxy groups -OCH3 is 1. The molecule has 1 aliphatic carbocycles. The first kappa shape index (κ1) is 19.4. The maximum Gasteiger partial charge on any atom is 0.339 e. The quantitative estimate of drug-likeness (QED) is 0.704. The molecule has 6 heteroatoms. The Morgan fingerprint density at radius 2 is 1.93 bits per heavy atom. The summed E-state index contributed by atoms with van der Waals surface area (Å²) in [5, 5.41) is 0.704. The molecule has 0 N–H and O–H groups in total. The first-order chi connectivity index (χ1) is 13.0. The fourth-order valence-corrected chi connectivity index (χ4v) is 3.89. The summed E-state index contributed by atoms with van der Waals surface area (Å²) in [6.45, 7) is 1.85. The van der Waals surface area contributed by atoms with Gasteiger partial charge in [-0.3, -0.25) is 9.69 Å². The van der Waals surface area contributed by atoms with E-state index in [0.717, 1.165) is 19.3 Å². The smallest absolute Gasteiger partial charge is 0.339 e. The Bertz CT molecular complexity index is 805. The lowest BCUT2D eigenvalue weighted by atomic mass is 9.92. The number of carbonyl (C=O) groups is 2. The third-order valence-electron chi connectivity index (χ3n) is 5.10. The van der Waals surface area contributed by atoms with Gasteiger partial charge in [0, 0.05) is 29.6 Å². The van der Waals surface area contributed by atoms with Crippen molar-refractivity contribution >= 4 is 29.3 Å². The average Bonchev–Trinajstić information content (AvgIpc) is 3.17. The highest BCUT2D eigenvalue weighted by molar-refractivity contribution is 6.30. The number of benzene rings is 1. The van der Waals surface area contributed by atoms with Gasteiger partial charge in [0.1, 0.15) is 5.82 Å². The van der Waals surface area contributed by atoms with E-state index in [1.165, 1.54) is 18.9 Å². The number of hydrogen-bond acceptors (Lipinski definition) is 4. The molecule has 0 spiro atoms. The molecule has 1 aromatic carbocycles. The van der Waals surface area contributed by atoms with Gasteiger partial charge in [-0.1, -0.05) is 37.1 Å². The number of aromatic nitrogens is 1. The predicted octanol–water partition coefficient (Wildman–Crippen LogP) is 4.60. The van der Waals surface area contributed by atoms with E-state index in [2.05, 4.69) is 4.98 Å². The number of pyridine rings is 1. The maximum atomic E-state index is 12.8. The standard InChI is InChI=1S/C21H23ClN2O3/c1-3-20(25)24(19-12-9-15(13-23-19)21(26)27-2)18-6-4-5-17(18)14-7-10-16(22)11-8-14/h7-13,17-18H,3-6H2,1-2H3. The second kappa shape index (κ2) is 8.53. The van der Waals surface area contributed by atoms with E-state index in [-0.39, 0.29) is 17.9 Å².